The van der Waals surface area contributed by atoms with Gasteiger partial charge >= 0.3 is 0 Å². The molecule has 1 aromatic carbocycles. The van der Waals surface area contributed by atoms with Gasteiger partial charge in [-0.1, -0.05) is 22.9 Å². The Hall–Kier alpha value is -0.890. The van der Waals surface area contributed by atoms with Gasteiger partial charge in [0.25, 0.3) is 0 Å². The molecule has 0 aliphatic carbocycles. The van der Waals surface area contributed by atoms with Crippen LogP contribution in [0, 0.1) is 0 Å². The number of anilines is 1. The van der Waals surface area contributed by atoms with Crippen LogP contribution >= 0.6 is 22.9 Å². The SMILES string of the molecule is CC(C)(CNc1nc2ccc(Cl)cc2s1)NS(C)(=O)=O. The normalized spacial score (nSPS) is 12.8. The molecule has 1 heterocycles. The summed E-state index contributed by atoms with van der Waals surface area (Å²) in [6.07, 6.45) is 1.15. The highest BCUT2D eigenvalue weighted by Crippen LogP contribution is 2.28. The van der Waals surface area contributed by atoms with E-state index in [-0.39, 0.29) is 0 Å². The van der Waals surface area contributed by atoms with Gasteiger partial charge in [0.05, 0.1) is 16.5 Å². The fourth-order valence-electron chi connectivity index (χ4n) is 1.81. The first-order valence-electron chi connectivity index (χ1n) is 5.94. The molecule has 110 valence electrons. The zero-order chi connectivity index (χ0) is 15.0. The number of nitrogens with zero attached hydrogens (tertiary/aromatic N) is 1. The quantitative estimate of drug-likeness (QED) is 0.882. The largest absolute Gasteiger partial charge is 0.360 e. The molecule has 0 saturated heterocycles. The molecule has 0 aliphatic heterocycles. The van der Waals surface area contributed by atoms with E-state index in [9.17, 15) is 8.42 Å². The van der Waals surface area contributed by atoms with Crippen molar-refractivity contribution < 1.29 is 8.42 Å². The van der Waals surface area contributed by atoms with Crippen LogP contribution in [0.15, 0.2) is 18.2 Å². The lowest BCUT2D eigenvalue weighted by Crippen LogP contribution is -2.47. The van der Waals surface area contributed by atoms with E-state index in [4.69, 9.17) is 11.6 Å². The Balaban J connectivity index is 2.09. The Bertz CT molecular complexity index is 725. The van der Waals surface area contributed by atoms with Gasteiger partial charge in [0, 0.05) is 17.1 Å². The second-order valence-electron chi connectivity index (χ2n) is 5.24. The average molecular weight is 334 g/mol. The molecule has 0 saturated carbocycles. The second kappa shape index (κ2) is 5.48. The number of sulfonamides is 1. The van der Waals surface area contributed by atoms with E-state index in [1.807, 2.05) is 26.0 Å². The number of aromatic nitrogens is 1. The molecule has 0 spiro atoms. The maximum Gasteiger partial charge on any atom is 0.209 e. The van der Waals surface area contributed by atoms with E-state index in [0.717, 1.165) is 21.6 Å². The van der Waals surface area contributed by atoms with E-state index in [1.165, 1.54) is 11.3 Å². The molecule has 0 radical (unpaired) electrons. The topological polar surface area (TPSA) is 71.1 Å². The standard InChI is InChI=1S/C12H16ClN3O2S2/c1-12(2,16-20(3,17)18)7-14-11-15-9-5-4-8(13)6-10(9)19-11/h4-6,16H,7H2,1-3H3,(H,14,15). The van der Waals surface area contributed by atoms with Crippen LogP contribution in [-0.2, 0) is 10.0 Å². The van der Waals surface area contributed by atoms with Crippen molar-refractivity contribution in [3.63, 3.8) is 0 Å². The first-order valence-corrected chi connectivity index (χ1v) is 9.02. The van der Waals surface area contributed by atoms with Gasteiger partial charge in [-0.25, -0.2) is 18.1 Å². The van der Waals surface area contributed by atoms with Crippen LogP contribution in [0.2, 0.25) is 5.02 Å². The fraction of sp³-hybridized carbons (Fsp3) is 0.417. The van der Waals surface area contributed by atoms with Crippen LogP contribution in [-0.4, -0.2) is 31.7 Å². The Kier molecular flexibility index (Phi) is 4.24. The molecule has 0 unspecified atom stereocenters. The maximum atomic E-state index is 11.3. The molecule has 1 aromatic heterocycles. The second-order valence-corrected chi connectivity index (χ2v) is 8.46. The fourth-order valence-corrected chi connectivity index (χ4v) is 4.02. The predicted molar refractivity (Wildman–Crippen MR) is 85.2 cm³/mol. The van der Waals surface area contributed by atoms with Crippen LogP contribution in [0.5, 0.6) is 0 Å². The molecule has 0 aliphatic rings. The summed E-state index contributed by atoms with van der Waals surface area (Å²) < 4.78 is 26.1. The van der Waals surface area contributed by atoms with Gasteiger partial charge in [-0.2, -0.15) is 0 Å². The third-order valence-electron chi connectivity index (χ3n) is 2.49. The monoisotopic (exact) mass is 333 g/mol. The van der Waals surface area contributed by atoms with E-state index in [0.29, 0.717) is 11.6 Å². The molecular formula is C12H16ClN3O2S2. The van der Waals surface area contributed by atoms with Crippen molar-refractivity contribution in [2.24, 2.45) is 0 Å². The van der Waals surface area contributed by atoms with Crippen molar-refractivity contribution in [1.82, 2.24) is 9.71 Å². The van der Waals surface area contributed by atoms with Gasteiger partial charge in [-0.05, 0) is 32.0 Å². The smallest absolute Gasteiger partial charge is 0.209 e. The Morgan fingerprint density at radius 1 is 1.40 bits per heavy atom. The number of hydrogen-bond donors (Lipinski definition) is 2. The van der Waals surface area contributed by atoms with Crippen LogP contribution in [0.4, 0.5) is 5.13 Å². The minimum atomic E-state index is -3.24. The number of rotatable bonds is 5. The zero-order valence-corrected chi connectivity index (χ0v) is 13.8. The van der Waals surface area contributed by atoms with Gasteiger partial charge in [0.1, 0.15) is 0 Å². The highest BCUT2D eigenvalue weighted by atomic mass is 35.5. The number of halogens is 1. The molecule has 20 heavy (non-hydrogen) atoms. The molecule has 2 N–H and O–H groups in total. The van der Waals surface area contributed by atoms with Crippen molar-refractivity contribution in [2.75, 3.05) is 18.1 Å². The molecule has 8 heteroatoms. The summed E-state index contributed by atoms with van der Waals surface area (Å²) in [7, 11) is -3.24. The van der Waals surface area contributed by atoms with Crippen molar-refractivity contribution in [1.29, 1.82) is 0 Å². The summed E-state index contributed by atoms with van der Waals surface area (Å²) in [6, 6.07) is 5.52. The summed E-state index contributed by atoms with van der Waals surface area (Å²) in [5, 5.41) is 4.57. The maximum absolute atomic E-state index is 11.3. The summed E-state index contributed by atoms with van der Waals surface area (Å²) in [5.41, 5.74) is 0.277. The van der Waals surface area contributed by atoms with E-state index < -0.39 is 15.6 Å². The third kappa shape index (κ3) is 4.31. The van der Waals surface area contributed by atoms with E-state index >= 15 is 0 Å². The Morgan fingerprint density at radius 2 is 2.10 bits per heavy atom. The first-order chi connectivity index (χ1) is 9.15. The van der Waals surface area contributed by atoms with Crippen molar-refractivity contribution in [3.8, 4) is 0 Å². The zero-order valence-electron chi connectivity index (χ0n) is 11.4. The molecule has 5 nitrogen and oxygen atoms in total. The van der Waals surface area contributed by atoms with Gasteiger partial charge in [0.2, 0.25) is 10.0 Å². The summed E-state index contributed by atoms with van der Waals surface area (Å²) in [6.45, 7) is 4.06. The molecule has 0 atom stereocenters. The number of nitrogens with one attached hydrogen (secondary N) is 2. The number of benzene rings is 1. The third-order valence-corrected chi connectivity index (χ3v) is 4.63. The Labute approximate surface area is 127 Å². The number of fused-ring (bicyclic) bond motifs is 1. The van der Waals surface area contributed by atoms with Crippen molar-refractivity contribution in [3.05, 3.63) is 23.2 Å². The minimum absolute atomic E-state index is 0.438. The lowest BCUT2D eigenvalue weighted by molar-refractivity contribution is 0.476. The van der Waals surface area contributed by atoms with Crippen LogP contribution < -0.4 is 10.0 Å². The Morgan fingerprint density at radius 3 is 2.75 bits per heavy atom. The predicted octanol–water partition coefficient (Wildman–Crippen LogP) is 2.69. The summed E-state index contributed by atoms with van der Waals surface area (Å²) in [5.74, 6) is 0. The molecule has 0 bridgehead atoms. The minimum Gasteiger partial charge on any atom is -0.360 e. The van der Waals surface area contributed by atoms with Gasteiger partial charge in [-0.3, -0.25) is 0 Å². The molecule has 0 fully saturated rings. The number of hydrogen-bond acceptors (Lipinski definition) is 5. The summed E-state index contributed by atoms with van der Waals surface area (Å²) in [4.78, 5) is 4.42. The molecule has 2 rings (SSSR count). The van der Waals surface area contributed by atoms with E-state index in [2.05, 4.69) is 15.0 Å². The first kappa shape index (κ1) is 15.5. The van der Waals surface area contributed by atoms with Crippen LogP contribution in [0.25, 0.3) is 10.2 Å². The van der Waals surface area contributed by atoms with Crippen molar-refractivity contribution >= 4 is 48.3 Å². The summed E-state index contributed by atoms with van der Waals surface area (Å²) >= 11 is 7.42. The van der Waals surface area contributed by atoms with Crippen molar-refractivity contribution in [2.45, 2.75) is 19.4 Å². The molecule has 2 aromatic rings. The molecular weight excluding hydrogens is 318 g/mol. The van der Waals surface area contributed by atoms with Gasteiger partial charge < -0.3 is 5.32 Å². The van der Waals surface area contributed by atoms with Gasteiger partial charge in [0.15, 0.2) is 5.13 Å². The van der Waals surface area contributed by atoms with Crippen LogP contribution in [0.1, 0.15) is 13.8 Å². The number of thiazole rings is 1. The lowest BCUT2D eigenvalue weighted by atomic mass is 10.1. The molecule has 0 amide bonds. The van der Waals surface area contributed by atoms with E-state index in [1.54, 1.807) is 6.07 Å². The van der Waals surface area contributed by atoms with Crippen LogP contribution in [0.3, 0.4) is 0 Å². The lowest BCUT2D eigenvalue weighted by Gasteiger charge is -2.25. The average Bonchev–Trinajstić information content (AvgIpc) is 2.65. The highest BCUT2D eigenvalue weighted by molar-refractivity contribution is 7.88. The highest BCUT2D eigenvalue weighted by Gasteiger charge is 2.22. The van der Waals surface area contributed by atoms with Gasteiger partial charge in [-0.15, -0.1) is 0 Å².